The van der Waals surface area contributed by atoms with Crippen LogP contribution in [0.15, 0.2) is 24.3 Å². The van der Waals surface area contributed by atoms with E-state index < -0.39 is 0 Å². The summed E-state index contributed by atoms with van der Waals surface area (Å²) in [7, 11) is 0. The molecule has 68 valence electrons. The predicted molar refractivity (Wildman–Crippen MR) is 48.0 cm³/mol. The minimum absolute atomic E-state index is 0.150. The summed E-state index contributed by atoms with van der Waals surface area (Å²) in [6.45, 7) is 8.74. The van der Waals surface area contributed by atoms with Crippen molar-refractivity contribution in [2.45, 2.75) is 13.0 Å². The molecule has 0 radical (unpaired) electrons. The van der Waals surface area contributed by atoms with Crippen LogP contribution in [0.25, 0.3) is 4.85 Å². The van der Waals surface area contributed by atoms with Crippen molar-refractivity contribution in [3.05, 3.63) is 41.5 Å². The molecule has 0 bridgehead atoms. The van der Waals surface area contributed by atoms with Crippen LogP contribution >= 0.6 is 0 Å². The van der Waals surface area contributed by atoms with E-state index in [0.717, 1.165) is 0 Å². The first-order valence-corrected chi connectivity index (χ1v) is 3.98. The fourth-order valence-electron chi connectivity index (χ4n) is 0.911. The van der Waals surface area contributed by atoms with Gasteiger partial charge in [-0.3, -0.25) is 0 Å². The van der Waals surface area contributed by atoms with E-state index in [-0.39, 0.29) is 11.9 Å². The fraction of sp³-hybridized carbons (Fsp3) is 0.300. The summed E-state index contributed by atoms with van der Waals surface area (Å²) >= 11 is 0. The maximum atomic E-state index is 12.5. The molecule has 1 unspecified atom stereocenters. The summed E-state index contributed by atoms with van der Waals surface area (Å²) in [5, 5.41) is 0. The van der Waals surface area contributed by atoms with Crippen LogP contribution in [0.3, 0.4) is 0 Å². The standard InChI is InChI=1S/C10H10FNO/c1-8(7-12-2)13-10-5-3-9(11)4-6-10/h3-6,8H,7H2,1H3. The normalized spacial score (nSPS) is 11.8. The molecule has 1 rings (SSSR count). The Balaban J connectivity index is 2.55. The third kappa shape index (κ3) is 3.12. The van der Waals surface area contributed by atoms with Crippen molar-refractivity contribution < 1.29 is 9.13 Å². The largest absolute Gasteiger partial charge is 0.483 e. The monoisotopic (exact) mass is 179 g/mol. The summed E-state index contributed by atoms with van der Waals surface area (Å²) in [6, 6.07) is 5.77. The van der Waals surface area contributed by atoms with Crippen LogP contribution in [-0.4, -0.2) is 12.6 Å². The van der Waals surface area contributed by atoms with Crippen LogP contribution in [0.4, 0.5) is 4.39 Å². The molecule has 1 atom stereocenters. The molecule has 0 saturated heterocycles. The van der Waals surface area contributed by atoms with Crippen LogP contribution in [0.1, 0.15) is 6.92 Å². The molecule has 1 aromatic carbocycles. The third-order valence-electron chi connectivity index (χ3n) is 1.50. The molecule has 0 amide bonds. The molecule has 1 aromatic rings. The van der Waals surface area contributed by atoms with E-state index in [2.05, 4.69) is 4.85 Å². The van der Waals surface area contributed by atoms with Gasteiger partial charge in [-0.15, -0.1) is 0 Å². The summed E-state index contributed by atoms with van der Waals surface area (Å²) in [6.07, 6.45) is -0.150. The van der Waals surface area contributed by atoms with Crippen LogP contribution in [0.2, 0.25) is 0 Å². The zero-order valence-corrected chi connectivity index (χ0v) is 7.33. The van der Waals surface area contributed by atoms with Crippen LogP contribution < -0.4 is 4.74 Å². The smallest absolute Gasteiger partial charge is 0.250 e. The number of hydrogen-bond acceptors (Lipinski definition) is 1. The second-order valence-electron chi connectivity index (χ2n) is 2.72. The average molecular weight is 179 g/mol. The molecule has 0 saturated carbocycles. The Labute approximate surface area is 76.8 Å². The third-order valence-corrected chi connectivity index (χ3v) is 1.50. The van der Waals surface area contributed by atoms with E-state index in [9.17, 15) is 4.39 Å². The lowest BCUT2D eigenvalue weighted by atomic mass is 10.3. The van der Waals surface area contributed by atoms with E-state index in [0.29, 0.717) is 12.3 Å². The maximum absolute atomic E-state index is 12.5. The van der Waals surface area contributed by atoms with Crippen molar-refractivity contribution in [3.63, 3.8) is 0 Å². The minimum Gasteiger partial charge on any atom is -0.483 e. The molecular weight excluding hydrogens is 169 g/mol. The summed E-state index contributed by atoms with van der Waals surface area (Å²) < 4.78 is 17.8. The number of ether oxygens (including phenoxy) is 1. The van der Waals surface area contributed by atoms with E-state index >= 15 is 0 Å². The molecule has 0 N–H and O–H groups in total. The first-order valence-electron chi connectivity index (χ1n) is 3.98. The predicted octanol–water partition coefficient (Wildman–Crippen LogP) is 2.51. The molecule has 0 aliphatic heterocycles. The fourth-order valence-corrected chi connectivity index (χ4v) is 0.911. The van der Waals surface area contributed by atoms with Gasteiger partial charge in [0.05, 0.1) is 0 Å². The van der Waals surface area contributed by atoms with Crippen molar-refractivity contribution in [1.29, 1.82) is 0 Å². The van der Waals surface area contributed by atoms with E-state index in [1.54, 1.807) is 19.1 Å². The highest BCUT2D eigenvalue weighted by Crippen LogP contribution is 2.12. The van der Waals surface area contributed by atoms with Crippen LogP contribution in [-0.2, 0) is 0 Å². The highest BCUT2D eigenvalue weighted by atomic mass is 19.1. The second-order valence-corrected chi connectivity index (χ2v) is 2.72. The van der Waals surface area contributed by atoms with Crippen molar-refractivity contribution >= 4 is 0 Å². The zero-order chi connectivity index (χ0) is 9.68. The van der Waals surface area contributed by atoms with Gasteiger partial charge in [-0.05, 0) is 31.2 Å². The Hall–Kier alpha value is -1.56. The molecule has 0 aromatic heterocycles. The summed E-state index contributed by atoms with van der Waals surface area (Å²) in [5.41, 5.74) is 0. The van der Waals surface area contributed by atoms with Gasteiger partial charge in [-0.25, -0.2) is 11.0 Å². The van der Waals surface area contributed by atoms with E-state index in [1.165, 1.54) is 12.1 Å². The lowest BCUT2D eigenvalue weighted by molar-refractivity contribution is 0.238. The number of nitrogens with zero attached hydrogens (tertiary/aromatic N) is 1. The quantitative estimate of drug-likeness (QED) is 0.650. The van der Waals surface area contributed by atoms with Gasteiger partial charge in [0.2, 0.25) is 0 Å². The number of benzene rings is 1. The Morgan fingerprint density at radius 1 is 1.46 bits per heavy atom. The van der Waals surface area contributed by atoms with Gasteiger partial charge >= 0.3 is 0 Å². The molecule has 0 aliphatic carbocycles. The van der Waals surface area contributed by atoms with Crippen molar-refractivity contribution in [2.24, 2.45) is 0 Å². The second kappa shape index (κ2) is 4.46. The van der Waals surface area contributed by atoms with Gasteiger partial charge in [0.15, 0.2) is 6.10 Å². The van der Waals surface area contributed by atoms with Gasteiger partial charge < -0.3 is 9.58 Å². The number of rotatable bonds is 3. The Kier molecular flexibility index (Phi) is 3.27. The molecule has 13 heavy (non-hydrogen) atoms. The molecule has 0 aliphatic rings. The van der Waals surface area contributed by atoms with Gasteiger partial charge in [-0.2, -0.15) is 0 Å². The molecule has 0 spiro atoms. The Bertz CT molecular complexity index is 302. The van der Waals surface area contributed by atoms with Crippen molar-refractivity contribution in [2.75, 3.05) is 6.54 Å². The molecular formula is C10H10FNO. The van der Waals surface area contributed by atoms with Crippen molar-refractivity contribution in [1.82, 2.24) is 0 Å². The molecule has 0 fully saturated rings. The van der Waals surface area contributed by atoms with Crippen LogP contribution in [0.5, 0.6) is 5.75 Å². The molecule has 3 heteroatoms. The summed E-state index contributed by atoms with van der Waals surface area (Å²) in [5.74, 6) is 0.308. The van der Waals surface area contributed by atoms with Gasteiger partial charge in [0.25, 0.3) is 6.54 Å². The number of hydrogen-bond donors (Lipinski definition) is 0. The number of halogens is 1. The van der Waals surface area contributed by atoms with E-state index in [1.807, 2.05) is 0 Å². The van der Waals surface area contributed by atoms with Gasteiger partial charge in [-0.1, -0.05) is 0 Å². The summed E-state index contributed by atoms with van der Waals surface area (Å²) in [4.78, 5) is 3.20. The Morgan fingerprint density at radius 2 is 2.08 bits per heavy atom. The average Bonchev–Trinajstić information content (AvgIpc) is 2.09. The lowest BCUT2D eigenvalue weighted by Gasteiger charge is -2.08. The van der Waals surface area contributed by atoms with Gasteiger partial charge in [0.1, 0.15) is 11.6 Å². The first kappa shape index (κ1) is 9.53. The van der Waals surface area contributed by atoms with Crippen molar-refractivity contribution in [3.8, 4) is 5.75 Å². The zero-order valence-electron chi connectivity index (χ0n) is 7.33. The molecule has 2 nitrogen and oxygen atoms in total. The Morgan fingerprint density at radius 3 is 2.62 bits per heavy atom. The maximum Gasteiger partial charge on any atom is 0.250 e. The first-order chi connectivity index (χ1) is 6.22. The SMILES string of the molecule is [C-]#[N+]CC(C)Oc1ccc(F)cc1. The van der Waals surface area contributed by atoms with E-state index in [4.69, 9.17) is 11.3 Å². The lowest BCUT2D eigenvalue weighted by Crippen LogP contribution is -2.14. The topological polar surface area (TPSA) is 13.6 Å². The van der Waals surface area contributed by atoms with Gasteiger partial charge in [0, 0.05) is 0 Å². The highest BCUT2D eigenvalue weighted by molar-refractivity contribution is 5.22. The molecule has 0 heterocycles. The minimum atomic E-state index is -0.287. The highest BCUT2D eigenvalue weighted by Gasteiger charge is 2.05. The van der Waals surface area contributed by atoms with Crippen LogP contribution in [0, 0.1) is 12.4 Å².